The molecule has 0 bridgehead atoms. The first-order valence-electron chi connectivity index (χ1n) is 5.28. The molecule has 1 atom stereocenters. The smallest absolute Gasteiger partial charge is 0.319 e. The van der Waals surface area contributed by atoms with Crippen LogP contribution in [0.2, 0.25) is 5.02 Å². The van der Waals surface area contributed by atoms with Crippen molar-refractivity contribution in [3.05, 3.63) is 34.9 Å². The van der Waals surface area contributed by atoms with Gasteiger partial charge in [-0.25, -0.2) is 0 Å². The Morgan fingerprint density at radius 1 is 1.44 bits per heavy atom. The van der Waals surface area contributed by atoms with Gasteiger partial charge in [0.05, 0.1) is 13.2 Å². The molecule has 88 valence electrons. The van der Waals surface area contributed by atoms with Gasteiger partial charge in [0.2, 0.25) is 0 Å². The van der Waals surface area contributed by atoms with Gasteiger partial charge in [-0.3, -0.25) is 4.79 Å². The third-order valence-electron chi connectivity index (χ3n) is 2.23. The topological polar surface area (TPSA) is 38.3 Å². The van der Waals surface area contributed by atoms with E-state index in [1.54, 1.807) is 6.92 Å². The van der Waals surface area contributed by atoms with Crippen molar-refractivity contribution in [1.82, 2.24) is 5.32 Å². The van der Waals surface area contributed by atoms with Crippen LogP contribution in [0, 0.1) is 0 Å². The van der Waals surface area contributed by atoms with Gasteiger partial charge in [0.25, 0.3) is 0 Å². The van der Waals surface area contributed by atoms with Crippen molar-refractivity contribution in [2.24, 2.45) is 0 Å². The fourth-order valence-corrected chi connectivity index (χ4v) is 1.44. The van der Waals surface area contributed by atoms with Gasteiger partial charge in [-0.2, -0.15) is 0 Å². The van der Waals surface area contributed by atoms with Crippen LogP contribution in [0.5, 0.6) is 0 Å². The van der Waals surface area contributed by atoms with Gasteiger partial charge in [-0.15, -0.1) is 0 Å². The lowest BCUT2D eigenvalue weighted by molar-refractivity contribution is -0.142. The van der Waals surface area contributed by atoms with Crippen LogP contribution in [0.15, 0.2) is 24.3 Å². The molecule has 1 N–H and O–H groups in total. The molecule has 0 spiro atoms. The maximum Gasteiger partial charge on any atom is 0.319 e. The van der Waals surface area contributed by atoms with E-state index in [1.165, 1.54) is 0 Å². The van der Waals surface area contributed by atoms with E-state index in [4.69, 9.17) is 16.3 Å². The Kier molecular flexibility index (Phi) is 5.29. The quantitative estimate of drug-likeness (QED) is 0.806. The normalized spacial score (nSPS) is 12.2. The largest absolute Gasteiger partial charge is 0.465 e. The summed E-state index contributed by atoms with van der Waals surface area (Å²) in [6.07, 6.45) is 0. The van der Waals surface area contributed by atoms with Crippen LogP contribution >= 0.6 is 11.6 Å². The minimum Gasteiger partial charge on any atom is -0.465 e. The molecule has 0 aliphatic heterocycles. The summed E-state index contributed by atoms with van der Waals surface area (Å²) in [5.74, 6) is -0.233. The lowest BCUT2D eigenvalue weighted by Crippen LogP contribution is -2.27. The third kappa shape index (κ3) is 4.21. The first-order chi connectivity index (χ1) is 7.63. The summed E-state index contributed by atoms with van der Waals surface area (Å²) in [4.78, 5) is 11.1. The summed E-state index contributed by atoms with van der Waals surface area (Å²) < 4.78 is 4.82. The zero-order chi connectivity index (χ0) is 12.0. The number of ether oxygens (including phenoxy) is 1. The van der Waals surface area contributed by atoms with Crippen LogP contribution in [0.25, 0.3) is 0 Å². The van der Waals surface area contributed by atoms with E-state index in [9.17, 15) is 4.79 Å². The van der Waals surface area contributed by atoms with Gasteiger partial charge >= 0.3 is 5.97 Å². The molecule has 3 nitrogen and oxygen atoms in total. The molecule has 1 rings (SSSR count). The Morgan fingerprint density at radius 2 is 2.06 bits per heavy atom. The number of nitrogens with one attached hydrogen (secondary N) is 1. The highest BCUT2D eigenvalue weighted by molar-refractivity contribution is 6.30. The van der Waals surface area contributed by atoms with Gasteiger partial charge in [0.1, 0.15) is 0 Å². The maximum atomic E-state index is 11.1. The average Bonchev–Trinajstić information content (AvgIpc) is 2.27. The zero-order valence-electron chi connectivity index (χ0n) is 9.50. The van der Waals surface area contributed by atoms with Crippen LogP contribution in [-0.2, 0) is 9.53 Å². The fourth-order valence-electron chi connectivity index (χ4n) is 1.32. The van der Waals surface area contributed by atoms with Crippen LogP contribution in [-0.4, -0.2) is 19.1 Å². The van der Waals surface area contributed by atoms with Gasteiger partial charge < -0.3 is 10.1 Å². The summed E-state index contributed by atoms with van der Waals surface area (Å²) in [6.45, 7) is 4.41. The predicted octanol–water partition coefficient (Wildman–Crippen LogP) is 2.55. The van der Waals surface area contributed by atoms with Crippen LogP contribution in [0.4, 0.5) is 0 Å². The highest BCUT2D eigenvalue weighted by Crippen LogP contribution is 2.15. The SMILES string of the molecule is CCOC(=O)CNC(C)c1ccc(Cl)cc1. The van der Waals surface area contributed by atoms with Crippen LogP contribution < -0.4 is 5.32 Å². The number of hydrogen-bond donors (Lipinski definition) is 1. The van der Waals surface area contributed by atoms with Gasteiger partial charge in [-0.05, 0) is 31.5 Å². The summed E-state index contributed by atoms with van der Waals surface area (Å²) in [6, 6.07) is 7.64. The van der Waals surface area contributed by atoms with E-state index >= 15 is 0 Å². The van der Waals surface area contributed by atoms with Crippen LogP contribution in [0.3, 0.4) is 0 Å². The summed E-state index contributed by atoms with van der Waals surface area (Å²) in [5.41, 5.74) is 1.09. The minimum atomic E-state index is -0.233. The van der Waals surface area contributed by atoms with E-state index < -0.39 is 0 Å². The van der Waals surface area contributed by atoms with Crippen molar-refractivity contribution in [3.8, 4) is 0 Å². The number of carbonyl (C=O) groups excluding carboxylic acids is 1. The maximum absolute atomic E-state index is 11.1. The van der Waals surface area contributed by atoms with E-state index in [2.05, 4.69) is 5.32 Å². The molecule has 1 aromatic rings. The van der Waals surface area contributed by atoms with Crippen molar-refractivity contribution in [3.63, 3.8) is 0 Å². The molecule has 0 saturated carbocycles. The summed E-state index contributed by atoms with van der Waals surface area (Å²) >= 11 is 5.79. The number of benzene rings is 1. The molecule has 0 aliphatic rings. The molecule has 1 unspecified atom stereocenters. The second-order valence-corrected chi connectivity index (χ2v) is 3.90. The van der Waals surface area contributed by atoms with E-state index in [0.29, 0.717) is 11.6 Å². The Morgan fingerprint density at radius 3 is 2.62 bits per heavy atom. The van der Waals surface area contributed by atoms with Gasteiger partial charge in [-0.1, -0.05) is 23.7 Å². The molecule has 0 fully saturated rings. The van der Waals surface area contributed by atoms with E-state index in [0.717, 1.165) is 5.56 Å². The standard InChI is InChI=1S/C12H16ClNO2/c1-3-16-12(15)8-14-9(2)10-4-6-11(13)7-5-10/h4-7,9,14H,3,8H2,1-2H3. The second-order valence-electron chi connectivity index (χ2n) is 3.46. The number of carbonyl (C=O) groups is 1. The molecule has 16 heavy (non-hydrogen) atoms. The van der Waals surface area contributed by atoms with Crippen molar-refractivity contribution >= 4 is 17.6 Å². The van der Waals surface area contributed by atoms with E-state index in [-0.39, 0.29) is 18.6 Å². The number of hydrogen-bond acceptors (Lipinski definition) is 3. The molecule has 0 radical (unpaired) electrons. The lowest BCUT2D eigenvalue weighted by Gasteiger charge is -2.13. The zero-order valence-corrected chi connectivity index (χ0v) is 10.3. The Balaban J connectivity index is 2.43. The molecular weight excluding hydrogens is 226 g/mol. The van der Waals surface area contributed by atoms with Crippen molar-refractivity contribution in [2.45, 2.75) is 19.9 Å². The molecule has 0 aliphatic carbocycles. The van der Waals surface area contributed by atoms with Gasteiger partial charge in [0.15, 0.2) is 0 Å². The Hall–Kier alpha value is -1.06. The third-order valence-corrected chi connectivity index (χ3v) is 2.48. The lowest BCUT2D eigenvalue weighted by atomic mass is 10.1. The molecule has 1 aromatic carbocycles. The van der Waals surface area contributed by atoms with Crippen molar-refractivity contribution in [1.29, 1.82) is 0 Å². The predicted molar refractivity (Wildman–Crippen MR) is 64.5 cm³/mol. The van der Waals surface area contributed by atoms with E-state index in [1.807, 2.05) is 31.2 Å². The highest BCUT2D eigenvalue weighted by Gasteiger charge is 2.07. The molecule has 0 amide bonds. The first-order valence-corrected chi connectivity index (χ1v) is 5.65. The number of rotatable bonds is 5. The number of esters is 1. The first kappa shape index (κ1) is 13.0. The molecule has 0 heterocycles. The highest BCUT2D eigenvalue weighted by atomic mass is 35.5. The summed E-state index contributed by atoms with van der Waals surface area (Å²) in [7, 11) is 0. The second kappa shape index (κ2) is 6.51. The average molecular weight is 242 g/mol. The number of halogens is 1. The summed E-state index contributed by atoms with van der Waals surface area (Å²) in [5, 5.41) is 3.79. The van der Waals surface area contributed by atoms with Crippen LogP contribution in [0.1, 0.15) is 25.5 Å². The molecule has 0 aromatic heterocycles. The van der Waals surface area contributed by atoms with Gasteiger partial charge in [0, 0.05) is 11.1 Å². The Labute approximate surface area is 101 Å². The molecular formula is C12H16ClNO2. The van der Waals surface area contributed by atoms with Crippen molar-refractivity contribution in [2.75, 3.05) is 13.2 Å². The monoisotopic (exact) mass is 241 g/mol. The fraction of sp³-hybridized carbons (Fsp3) is 0.417. The minimum absolute atomic E-state index is 0.0988. The Bertz CT molecular complexity index is 337. The molecule has 0 saturated heterocycles. The molecule has 4 heteroatoms. The van der Waals surface area contributed by atoms with Crippen molar-refractivity contribution < 1.29 is 9.53 Å².